The van der Waals surface area contributed by atoms with E-state index in [-0.39, 0.29) is 53.9 Å². The Kier molecular flexibility index (Phi) is 4.86. The Morgan fingerprint density at radius 2 is 1.66 bits per heavy atom. The fourth-order valence-corrected chi connectivity index (χ4v) is 7.64. The lowest BCUT2D eigenvalue weighted by Gasteiger charge is -2.61. The van der Waals surface area contributed by atoms with Crippen molar-refractivity contribution in [3.05, 3.63) is 0 Å². The molecule has 0 aromatic heterocycles. The summed E-state index contributed by atoms with van der Waals surface area (Å²) >= 11 is 0. The van der Waals surface area contributed by atoms with Gasteiger partial charge in [-0.1, -0.05) is 13.8 Å². The van der Waals surface area contributed by atoms with Crippen LogP contribution in [0.25, 0.3) is 0 Å². The number of hydrogen-bond acceptors (Lipinski definition) is 5. The summed E-state index contributed by atoms with van der Waals surface area (Å²) in [6, 6.07) is 0. The molecule has 4 rings (SSSR count). The van der Waals surface area contributed by atoms with Gasteiger partial charge >= 0.3 is 11.9 Å². The van der Waals surface area contributed by atoms with Gasteiger partial charge in [-0.2, -0.15) is 0 Å². The number of esters is 2. The molecule has 3 unspecified atom stereocenters. The number of alkyl halides is 1. The molecule has 0 radical (unpaired) electrons. The molecule has 0 heterocycles. The Morgan fingerprint density at radius 1 is 0.966 bits per heavy atom. The van der Waals surface area contributed by atoms with Gasteiger partial charge in [-0.25, -0.2) is 4.39 Å². The van der Waals surface area contributed by atoms with E-state index in [9.17, 15) is 14.4 Å². The number of ether oxygens (including phenoxy) is 2. The minimum Gasteiger partial charge on any atom is -0.462 e. The summed E-state index contributed by atoms with van der Waals surface area (Å²) in [5, 5.41) is 0. The number of fused-ring (bicyclic) bond motifs is 5. The third-order valence-corrected chi connectivity index (χ3v) is 9.07. The van der Waals surface area contributed by atoms with E-state index < -0.39 is 23.2 Å². The summed E-state index contributed by atoms with van der Waals surface area (Å²) in [6.07, 6.45) is 4.28. The van der Waals surface area contributed by atoms with E-state index in [0.717, 1.165) is 25.7 Å². The molecule has 5 nitrogen and oxygen atoms in total. The number of carbonyl (C=O) groups excluding carboxylic acids is 3. The number of rotatable bonds is 2. The van der Waals surface area contributed by atoms with E-state index in [1.165, 1.54) is 13.8 Å². The normalized spacial score (nSPS) is 48.9. The molecule has 0 bridgehead atoms. The van der Waals surface area contributed by atoms with Crippen LogP contribution >= 0.6 is 0 Å². The van der Waals surface area contributed by atoms with Crippen molar-refractivity contribution in [3.63, 3.8) is 0 Å². The SMILES string of the molecule is CC(=O)O[C@@H]1CC[C@]2(C)C3CC[C@@]4(C)C(CC[C@@H]4OC(C)=O)[C@@H]3CC(=O)C2(F)C1. The molecule has 4 fully saturated rings. The van der Waals surface area contributed by atoms with Crippen LogP contribution in [-0.4, -0.2) is 35.6 Å². The van der Waals surface area contributed by atoms with Crippen LogP contribution in [0, 0.1) is 28.6 Å². The quantitative estimate of drug-likeness (QED) is 0.642. The maximum absolute atomic E-state index is 16.3. The van der Waals surface area contributed by atoms with Gasteiger partial charge in [-0.15, -0.1) is 0 Å². The zero-order valence-corrected chi connectivity index (χ0v) is 18.0. The lowest BCUT2D eigenvalue weighted by atomic mass is 9.43. The Morgan fingerprint density at radius 3 is 2.31 bits per heavy atom. The Labute approximate surface area is 172 Å². The predicted octanol–water partition coefficient (Wildman–Crippen LogP) is 4.16. The molecule has 0 amide bonds. The summed E-state index contributed by atoms with van der Waals surface area (Å²) < 4.78 is 27.3. The van der Waals surface area contributed by atoms with Gasteiger partial charge in [0.05, 0.1) is 0 Å². The molecule has 4 aliphatic rings. The van der Waals surface area contributed by atoms with Gasteiger partial charge in [0.15, 0.2) is 11.5 Å². The average molecular weight is 409 g/mol. The van der Waals surface area contributed by atoms with Crippen LogP contribution in [-0.2, 0) is 23.9 Å². The highest BCUT2D eigenvalue weighted by Crippen LogP contribution is 2.67. The van der Waals surface area contributed by atoms with E-state index in [0.29, 0.717) is 12.8 Å². The van der Waals surface area contributed by atoms with E-state index >= 15 is 4.39 Å². The summed E-state index contributed by atoms with van der Waals surface area (Å²) in [4.78, 5) is 36.1. The number of ketones is 1. The van der Waals surface area contributed by atoms with Crippen LogP contribution in [0.3, 0.4) is 0 Å². The van der Waals surface area contributed by atoms with Gasteiger partial charge in [0, 0.05) is 37.5 Å². The van der Waals surface area contributed by atoms with Gasteiger partial charge in [-0.05, 0) is 56.3 Å². The Hall–Kier alpha value is -1.46. The molecule has 0 N–H and O–H groups in total. The molecule has 0 spiro atoms. The second kappa shape index (κ2) is 6.78. The number of carbonyl (C=O) groups is 3. The molecule has 29 heavy (non-hydrogen) atoms. The lowest BCUT2D eigenvalue weighted by molar-refractivity contribution is -0.199. The minimum atomic E-state index is -1.92. The molecule has 0 aromatic rings. The largest absolute Gasteiger partial charge is 0.462 e. The van der Waals surface area contributed by atoms with Crippen molar-refractivity contribution < 1.29 is 28.2 Å². The second-order valence-electron chi connectivity index (χ2n) is 10.4. The van der Waals surface area contributed by atoms with Crippen molar-refractivity contribution in [1.82, 2.24) is 0 Å². The highest BCUT2D eigenvalue weighted by atomic mass is 19.1. The Bertz CT molecular complexity index is 737. The summed E-state index contributed by atoms with van der Waals surface area (Å²) in [6.45, 7) is 6.93. The highest BCUT2D eigenvalue weighted by Gasteiger charge is 2.69. The van der Waals surface area contributed by atoms with Crippen molar-refractivity contribution >= 4 is 17.7 Å². The molecule has 8 atom stereocenters. The topological polar surface area (TPSA) is 69.7 Å². The first kappa shape index (κ1) is 20.8. The summed E-state index contributed by atoms with van der Waals surface area (Å²) in [7, 11) is 0. The van der Waals surface area contributed by atoms with Gasteiger partial charge in [0.25, 0.3) is 0 Å². The smallest absolute Gasteiger partial charge is 0.302 e. The van der Waals surface area contributed by atoms with Crippen LogP contribution in [0.2, 0.25) is 0 Å². The highest BCUT2D eigenvalue weighted by molar-refractivity contribution is 5.90. The first-order valence-corrected chi connectivity index (χ1v) is 11.1. The molecule has 0 aromatic carbocycles. The van der Waals surface area contributed by atoms with Crippen LogP contribution < -0.4 is 0 Å². The van der Waals surface area contributed by atoms with Crippen LogP contribution in [0.1, 0.15) is 79.1 Å². The summed E-state index contributed by atoms with van der Waals surface area (Å²) in [5.41, 5.74) is -2.77. The van der Waals surface area contributed by atoms with Crippen molar-refractivity contribution in [2.45, 2.75) is 96.9 Å². The van der Waals surface area contributed by atoms with Crippen LogP contribution in [0.5, 0.6) is 0 Å². The molecule has 4 aliphatic carbocycles. The molecule has 6 heteroatoms. The number of halogens is 1. The van der Waals surface area contributed by atoms with E-state index in [1.807, 2.05) is 6.92 Å². The van der Waals surface area contributed by atoms with Crippen molar-refractivity contribution in [3.8, 4) is 0 Å². The zero-order valence-electron chi connectivity index (χ0n) is 18.0. The van der Waals surface area contributed by atoms with E-state index in [4.69, 9.17) is 9.47 Å². The number of hydrogen-bond donors (Lipinski definition) is 0. The summed E-state index contributed by atoms with van der Waals surface area (Å²) in [5.74, 6) is -0.435. The first-order valence-electron chi connectivity index (χ1n) is 11.1. The molecular weight excluding hydrogens is 375 g/mol. The van der Waals surface area contributed by atoms with Gasteiger partial charge in [0.1, 0.15) is 12.2 Å². The minimum absolute atomic E-state index is 0.0108. The fraction of sp³-hybridized carbons (Fsp3) is 0.870. The lowest BCUT2D eigenvalue weighted by Crippen LogP contribution is -2.65. The van der Waals surface area contributed by atoms with Crippen LogP contribution in [0.15, 0.2) is 0 Å². The fourth-order valence-electron chi connectivity index (χ4n) is 7.64. The molecule has 0 aliphatic heterocycles. The van der Waals surface area contributed by atoms with Gasteiger partial charge < -0.3 is 9.47 Å². The van der Waals surface area contributed by atoms with Crippen molar-refractivity contribution in [1.29, 1.82) is 0 Å². The molecule has 4 saturated carbocycles. The third kappa shape index (κ3) is 2.96. The third-order valence-electron chi connectivity index (χ3n) is 9.07. The molecule has 0 saturated heterocycles. The monoisotopic (exact) mass is 408 g/mol. The zero-order chi connectivity index (χ0) is 21.2. The molecule has 162 valence electrons. The maximum Gasteiger partial charge on any atom is 0.302 e. The van der Waals surface area contributed by atoms with Crippen LogP contribution in [0.4, 0.5) is 4.39 Å². The second-order valence-corrected chi connectivity index (χ2v) is 10.4. The standard InChI is InChI=1S/C23H33FO5/c1-13(25)28-15-7-10-22(4)18-8-9-21(3)17(5-6-20(21)29-14(2)26)16(18)11-19(27)23(22,24)12-15/h15-18,20H,5-12H2,1-4H3/t15-,16+,17?,18?,20+,21+,22-,23?/m1/s1. The number of Topliss-reactive ketones (excluding diaryl/α,β-unsaturated/α-hetero) is 1. The predicted molar refractivity (Wildman–Crippen MR) is 104 cm³/mol. The van der Waals surface area contributed by atoms with Gasteiger partial charge in [0.2, 0.25) is 0 Å². The first-order chi connectivity index (χ1) is 13.5. The molecular formula is C23H33FO5. The maximum atomic E-state index is 16.3. The van der Waals surface area contributed by atoms with Crippen molar-refractivity contribution in [2.24, 2.45) is 28.6 Å². The van der Waals surface area contributed by atoms with E-state index in [1.54, 1.807) is 0 Å². The van der Waals surface area contributed by atoms with Crippen molar-refractivity contribution in [2.75, 3.05) is 0 Å². The van der Waals surface area contributed by atoms with E-state index in [2.05, 4.69) is 6.92 Å². The Balaban J connectivity index is 1.61. The van der Waals surface area contributed by atoms with Gasteiger partial charge in [-0.3, -0.25) is 14.4 Å². The average Bonchev–Trinajstić information content (AvgIpc) is 2.93.